The molecule has 0 bridgehead atoms. The Kier molecular flexibility index (Phi) is 5.40. The lowest BCUT2D eigenvalue weighted by atomic mass is 10.1. The van der Waals surface area contributed by atoms with Gasteiger partial charge in [0.1, 0.15) is 10.7 Å². The van der Waals surface area contributed by atoms with Crippen LogP contribution in [-0.4, -0.2) is 20.1 Å². The minimum absolute atomic E-state index is 0.0362. The molecule has 0 amide bonds. The summed E-state index contributed by atoms with van der Waals surface area (Å²) in [4.78, 5) is -0.981. The quantitative estimate of drug-likeness (QED) is 0.791. The summed E-state index contributed by atoms with van der Waals surface area (Å²) in [5.74, 6) is -4.32. The van der Waals surface area contributed by atoms with Crippen molar-refractivity contribution in [3.05, 3.63) is 65.5 Å². The molecule has 23 heavy (non-hydrogen) atoms. The Morgan fingerprint density at radius 3 is 2.26 bits per heavy atom. The number of hydrogen-bond donors (Lipinski definition) is 2. The first-order valence-electron chi connectivity index (χ1n) is 6.68. The van der Waals surface area contributed by atoms with E-state index >= 15 is 0 Å². The molecule has 1 atom stereocenters. The van der Waals surface area contributed by atoms with Crippen LogP contribution < -0.4 is 4.72 Å². The predicted octanol–water partition coefficient (Wildman–Crippen LogP) is 2.51. The third-order valence-electron chi connectivity index (χ3n) is 3.16. The fraction of sp³-hybridized carbons (Fsp3) is 0.200. The van der Waals surface area contributed by atoms with Crippen LogP contribution in [0.5, 0.6) is 0 Å². The minimum Gasteiger partial charge on any atom is -0.388 e. The molecule has 0 heterocycles. The van der Waals surface area contributed by atoms with Gasteiger partial charge in [0.05, 0.1) is 6.10 Å². The highest BCUT2D eigenvalue weighted by Gasteiger charge is 2.22. The average Bonchev–Trinajstić information content (AvgIpc) is 2.51. The molecule has 0 aliphatic carbocycles. The average molecular weight is 345 g/mol. The second kappa shape index (κ2) is 7.12. The summed E-state index contributed by atoms with van der Waals surface area (Å²) in [6.07, 6.45) is -0.872. The van der Waals surface area contributed by atoms with Gasteiger partial charge in [-0.2, -0.15) is 0 Å². The summed E-state index contributed by atoms with van der Waals surface area (Å²) >= 11 is 0. The highest BCUT2D eigenvalue weighted by Crippen LogP contribution is 2.19. The van der Waals surface area contributed by atoms with E-state index in [1.807, 2.05) is 4.72 Å². The van der Waals surface area contributed by atoms with Gasteiger partial charge in [0.25, 0.3) is 0 Å². The minimum atomic E-state index is -4.35. The highest BCUT2D eigenvalue weighted by molar-refractivity contribution is 7.89. The summed E-state index contributed by atoms with van der Waals surface area (Å²) in [5.41, 5.74) is 0.603. The molecule has 0 aliphatic heterocycles. The van der Waals surface area contributed by atoms with E-state index in [1.165, 1.54) is 0 Å². The molecular formula is C15H14F3NO3S. The molecule has 0 aromatic heterocycles. The maximum absolute atomic E-state index is 13.5. The van der Waals surface area contributed by atoms with Crippen LogP contribution in [0.3, 0.4) is 0 Å². The van der Waals surface area contributed by atoms with Gasteiger partial charge in [0.15, 0.2) is 11.6 Å². The largest absolute Gasteiger partial charge is 0.388 e. The monoisotopic (exact) mass is 345 g/mol. The van der Waals surface area contributed by atoms with Crippen LogP contribution >= 0.6 is 0 Å². The number of rotatable bonds is 6. The molecule has 0 aliphatic rings. The van der Waals surface area contributed by atoms with Crippen LogP contribution in [0, 0.1) is 17.5 Å². The molecule has 4 nitrogen and oxygen atoms in total. The Morgan fingerprint density at radius 1 is 1.00 bits per heavy atom. The van der Waals surface area contributed by atoms with Crippen molar-refractivity contribution in [1.82, 2.24) is 4.72 Å². The summed E-state index contributed by atoms with van der Waals surface area (Å²) < 4.78 is 65.3. The zero-order valence-electron chi connectivity index (χ0n) is 11.8. The zero-order valence-corrected chi connectivity index (χ0v) is 12.7. The summed E-state index contributed by atoms with van der Waals surface area (Å²) in [5, 5.41) is 9.90. The van der Waals surface area contributed by atoms with Crippen molar-refractivity contribution in [3.8, 4) is 0 Å². The van der Waals surface area contributed by atoms with Gasteiger partial charge in [-0.05, 0) is 18.1 Å². The first-order chi connectivity index (χ1) is 10.8. The van der Waals surface area contributed by atoms with E-state index in [1.54, 1.807) is 30.3 Å². The lowest BCUT2D eigenvalue weighted by Crippen LogP contribution is -2.27. The Bertz CT molecular complexity index is 782. The van der Waals surface area contributed by atoms with Crippen LogP contribution in [-0.2, 0) is 10.0 Å². The van der Waals surface area contributed by atoms with E-state index in [2.05, 4.69) is 0 Å². The van der Waals surface area contributed by atoms with Crippen LogP contribution in [0.25, 0.3) is 0 Å². The van der Waals surface area contributed by atoms with Crippen LogP contribution in [0.2, 0.25) is 0 Å². The lowest BCUT2D eigenvalue weighted by Gasteiger charge is -2.12. The SMILES string of the molecule is O=S(=O)(NCCC(O)c1ccccc1)c1cc(F)c(F)cc1F. The molecule has 2 rings (SSSR count). The Balaban J connectivity index is 2.04. The van der Waals surface area contributed by atoms with Gasteiger partial charge in [-0.3, -0.25) is 0 Å². The summed E-state index contributed by atoms with van der Waals surface area (Å²) in [6, 6.07) is 9.01. The van der Waals surface area contributed by atoms with E-state index < -0.39 is 38.5 Å². The molecule has 2 N–H and O–H groups in total. The van der Waals surface area contributed by atoms with Crippen molar-refractivity contribution in [1.29, 1.82) is 0 Å². The smallest absolute Gasteiger partial charge is 0.243 e. The fourth-order valence-corrected chi connectivity index (χ4v) is 3.08. The number of halogens is 3. The molecule has 2 aromatic carbocycles. The van der Waals surface area contributed by atoms with Gasteiger partial charge in [-0.1, -0.05) is 30.3 Å². The van der Waals surface area contributed by atoms with Crippen molar-refractivity contribution in [2.24, 2.45) is 0 Å². The third-order valence-corrected chi connectivity index (χ3v) is 4.63. The first-order valence-corrected chi connectivity index (χ1v) is 8.17. The third kappa shape index (κ3) is 4.31. The van der Waals surface area contributed by atoms with Crippen LogP contribution in [0.15, 0.2) is 47.4 Å². The molecule has 0 radical (unpaired) electrons. The topological polar surface area (TPSA) is 66.4 Å². The van der Waals surface area contributed by atoms with E-state index in [-0.39, 0.29) is 25.1 Å². The van der Waals surface area contributed by atoms with Gasteiger partial charge >= 0.3 is 0 Å². The Labute approximate surface area is 131 Å². The van der Waals surface area contributed by atoms with Crippen molar-refractivity contribution in [3.63, 3.8) is 0 Å². The van der Waals surface area contributed by atoms with Crippen LogP contribution in [0.4, 0.5) is 13.2 Å². The second-order valence-electron chi connectivity index (χ2n) is 4.81. The second-order valence-corrected chi connectivity index (χ2v) is 6.55. The van der Waals surface area contributed by atoms with Gasteiger partial charge in [0.2, 0.25) is 10.0 Å². The van der Waals surface area contributed by atoms with Crippen LogP contribution in [0.1, 0.15) is 18.1 Å². The summed E-state index contributed by atoms with van der Waals surface area (Å²) in [7, 11) is -4.35. The molecule has 1 unspecified atom stereocenters. The fourth-order valence-electron chi connectivity index (χ4n) is 1.96. The molecule has 0 saturated carbocycles. The summed E-state index contributed by atoms with van der Waals surface area (Å²) in [6.45, 7) is -0.198. The maximum Gasteiger partial charge on any atom is 0.243 e. The Hall–Kier alpha value is -1.90. The predicted molar refractivity (Wildman–Crippen MR) is 77.5 cm³/mol. The van der Waals surface area contributed by atoms with Gasteiger partial charge in [0, 0.05) is 12.6 Å². The van der Waals surface area contributed by atoms with E-state index in [0.717, 1.165) is 0 Å². The normalized spacial score (nSPS) is 13.0. The number of aliphatic hydroxyl groups is 1. The van der Waals surface area contributed by atoms with Crippen molar-refractivity contribution >= 4 is 10.0 Å². The standard InChI is InChI=1S/C15H14F3NO3S/c16-11-8-13(18)15(9-12(11)17)23(21,22)19-7-6-14(20)10-4-2-1-3-5-10/h1-5,8-9,14,19-20H,6-7H2. The van der Waals surface area contributed by atoms with Crippen molar-refractivity contribution in [2.45, 2.75) is 17.4 Å². The van der Waals surface area contributed by atoms with Gasteiger partial charge in [-0.15, -0.1) is 0 Å². The van der Waals surface area contributed by atoms with Crippen molar-refractivity contribution in [2.75, 3.05) is 6.54 Å². The van der Waals surface area contributed by atoms with E-state index in [9.17, 15) is 26.7 Å². The number of sulfonamides is 1. The molecule has 8 heteroatoms. The number of nitrogens with one attached hydrogen (secondary N) is 1. The number of hydrogen-bond acceptors (Lipinski definition) is 3. The van der Waals surface area contributed by atoms with Gasteiger partial charge < -0.3 is 5.11 Å². The molecule has 0 fully saturated rings. The molecule has 0 spiro atoms. The molecule has 0 saturated heterocycles. The Morgan fingerprint density at radius 2 is 1.61 bits per heavy atom. The van der Waals surface area contributed by atoms with E-state index in [0.29, 0.717) is 5.56 Å². The van der Waals surface area contributed by atoms with Gasteiger partial charge in [-0.25, -0.2) is 26.3 Å². The van der Waals surface area contributed by atoms with Crippen molar-refractivity contribution < 1.29 is 26.7 Å². The zero-order chi connectivity index (χ0) is 17.0. The maximum atomic E-state index is 13.5. The molecule has 2 aromatic rings. The number of aliphatic hydroxyl groups excluding tert-OH is 1. The lowest BCUT2D eigenvalue weighted by molar-refractivity contribution is 0.169. The highest BCUT2D eigenvalue weighted by atomic mass is 32.2. The molecular weight excluding hydrogens is 331 g/mol. The molecule has 124 valence electrons. The van der Waals surface area contributed by atoms with E-state index in [4.69, 9.17) is 0 Å². The first kappa shape index (κ1) is 17.5. The number of benzene rings is 2.